The second-order valence-electron chi connectivity index (χ2n) is 5.20. The first kappa shape index (κ1) is 14.2. The Morgan fingerprint density at radius 1 is 1.21 bits per heavy atom. The van der Waals surface area contributed by atoms with E-state index in [4.69, 9.17) is 0 Å². The molecule has 2 rings (SSSR count). The highest BCUT2D eigenvalue weighted by Crippen LogP contribution is 2.23. The molecule has 1 N–H and O–H groups in total. The van der Waals surface area contributed by atoms with Crippen LogP contribution in [0.3, 0.4) is 0 Å². The lowest BCUT2D eigenvalue weighted by atomic mass is 10.1. The molecule has 0 aliphatic heterocycles. The fourth-order valence-corrected chi connectivity index (χ4v) is 2.65. The lowest BCUT2D eigenvalue weighted by Gasteiger charge is -2.12. The van der Waals surface area contributed by atoms with Crippen molar-refractivity contribution in [3.8, 4) is 10.7 Å². The molecule has 0 bridgehead atoms. The average molecular weight is 275 g/mol. The standard InChI is InChI=1S/C15H21N3S/c1-10(2)8-16-9-13-11(3)17-15(18-12(13)4)14-6-5-7-19-14/h5-7,10,16H,8-9H2,1-4H3. The highest BCUT2D eigenvalue weighted by molar-refractivity contribution is 7.13. The van der Waals surface area contributed by atoms with Gasteiger partial charge >= 0.3 is 0 Å². The van der Waals surface area contributed by atoms with Crippen molar-refractivity contribution in [2.24, 2.45) is 5.92 Å². The Labute approximate surface area is 119 Å². The molecule has 0 atom stereocenters. The summed E-state index contributed by atoms with van der Waals surface area (Å²) < 4.78 is 0. The molecule has 2 heterocycles. The zero-order chi connectivity index (χ0) is 13.8. The molecule has 0 aromatic carbocycles. The minimum atomic E-state index is 0.659. The van der Waals surface area contributed by atoms with Gasteiger partial charge in [-0.3, -0.25) is 0 Å². The van der Waals surface area contributed by atoms with Gasteiger partial charge in [-0.2, -0.15) is 0 Å². The maximum atomic E-state index is 4.63. The molecule has 102 valence electrons. The van der Waals surface area contributed by atoms with Crippen LogP contribution in [0.25, 0.3) is 10.7 Å². The third-order valence-electron chi connectivity index (χ3n) is 3.02. The van der Waals surface area contributed by atoms with Crippen molar-refractivity contribution in [3.05, 3.63) is 34.5 Å². The van der Waals surface area contributed by atoms with Crippen molar-refractivity contribution in [2.45, 2.75) is 34.2 Å². The number of rotatable bonds is 5. The summed E-state index contributed by atoms with van der Waals surface area (Å²) in [6.45, 7) is 10.4. The lowest BCUT2D eigenvalue weighted by molar-refractivity contribution is 0.549. The molecule has 2 aromatic rings. The van der Waals surface area contributed by atoms with Gasteiger partial charge in [0.15, 0.2) is 5.82 Å². The van der Waals surface area contributed by atoms with Crippen LogP contribution in [0.2, 0.25) is 0 Å². The summed E-state index contributed by atoms with van der Waals surface area (Å²) in [5.74, 6) is 1.50. The Morgan fingerprint density at radius 2 is 1.89 bits per heavy atom. The first-order valence-corrected chi connectivity index (χ1v) is 7.54. The SMILES string of the molecule is Cc1nc(-c2cccs2)nc(C)c1CNCC(C)C. The lowest BCUT2D eigenvalue weighted by Crippen LogP contribution is -2.21. The number of thiophene rings is 1. The summed E-state index contributed by atoms with van der Waals surface area (Å²) in [6.07, 6.45) is 0. The van der Waals surface area contributed by atoms with Crippen molar-refractivity contribution in [1.82, 2.24) is 15.3 Å². The summed E-state index contributed by atoms with van der Waals surface area (Å²) in [5, 5.41) is 5.52. The predicted octanol–water partition coefficient (Wildman–Crippen LogP) is 3.57. The van der Waals surface area contributed by atoms with E-state index < -0.39 is 0 Å². The van der Waals surface area contributed by atoms with Crippen LogP contribution < -0.4 is 5.32 Å². The minimum Gasteiger partial charge on any atom is -0.312 e. The van der Waals surface area contributed by atoms with Crippen LogP contribution in [0.15, 0.2) is 17.5 Å². The maximum Gasteiger partial charge on any atom is 0.169 e. The van der Waals surface area contributed by atoms with Crippen LogP contribution in [0.5, 0.6) is 0 Å². The van der Waals surface area contributed by atoms with E-state index in [1.807, 2.05) is 6.07 Å². The van der Waals surface area contributed by atoms with Crippen LogP contribution in [0.4, 0.5) is 0 Å². The largest absolute Gasteiger partial charge is 0.312 e. The van der Waals surface area contributed by atoms with Gasteiger partial charge in [0.25, 0.3) is 0 Å². The van der Waals surface area contributed by atoms with E-state index in [2.05, 4.69) is 54.4 Å². The van der Waals surface area contributed by atoms with E-state index in [9.17, 15) is 0 Å². The molecule has 0 aliphatic rings. The molecule has 0 fully saturated rings. The summed E-state index contributed by atoms with van der Waals surface area (Å²) in [5.41, 5.74) is 3.38. The van der Waals surface area contributed by atoms with E-state index >= 15 is 0 Å². The van der Waals surface area contributed by atoms with E-state index in [-0.39, 0.29) is 0 Å². The van der Waals surface area contributed by atoms with E-state index in [0.29, 0.717) is 5.92 Å². The van der Waals surface area contributed by atoms with Gasteiger partial charge in [-0.25, -0.2) is 9.97 Å². The zero-order valence-corrected chi connectivity index (χ0v) is 12.8. The van der Waals surface area contributed by atoms with E-state index in [1.54, 1.807) is 11.3 Å². The molecule has 4 heteroatoms. The van der Waals surface area contributed by atoms with Gasteiger partial charge in [-0.15, -0.1) is 11.3 Å². The molecule has 19 heavy (non-hydrogen) atoms. The van der Waals surface area contributed by atoms with Crippen molar-refractivity contribution in [1.29, 1.82) is 0 Å². The monoisotopic (exact) mass is 275 g/mol. The summed E-state index contributed by atoms with van der Waals surface area (Å²) in [6, 6.07) is 4.10. The van der Waals surface area contributed by atoms with Crippen LogP contribution in [0.1, 0.15) is 30.8 Å². The molecule has 0 amide bonds. The Balaban J connectivity index is 2.18. The molecule has 3 nitrogen and oxygen atoms in total. The normalized spacial score (nSPS) is 11.2. The first-order chi connectivity index (χ1) is 9.08. The van der Waals surface area contributed by atoms with Crippen LogP contribution >= 0.6 is 11.3 Å². The van der Waals surface area contributed by atoms with Crippen molar-refractivity contribution in [3.63, 3.8) is 0 Å². The van der Waals surface area contributed by atoms with E-state index in [1.165, 1.54) is 5.56 Å². The molecule has 2 aromatic heterocycles. The van der Waals surface area contributed by atoms with Crippen LogP contribution in [0, 0.1) is 19.8 Å². The number of aryl methyl sites for hydroxylation is 2. The van der Waals surface area contributed by atoms with Gasteiger partial charge in [0, 0.05) is 23.5 Å². The molecular formula is C15H21N3S. The summed E-state index contributed by atoms with van der Waals surface area (Å²) in [7, 11) is 0. The predicted molar refractivity (Wildman–Crippen MR) is 81.4 cm³/mol. The molecule has 0 unspecified atom stereocenters. The zero-order valence-electron chi connectivity index (χ0n) is 12.0. The Bertz CT molecular complexity index is 509. The second kappa shape index (κ2) is 6.26. The van der Waals surface area contributed by atoms with Crippen molar-refractivity contribution < 1.29 is 0 Å². The topological polar surface area (TPSA) is 37.8 Å². The fourth-order valence-electron chi connectivity index (χ4n) is 2.00. The third-order valence-corrected chi connectivity index (χ3v) is 3.88. The fraction of sp³-hybridized carbons (Fsp3) is 0.467. The highest BCUT2D eigenvalue weighted by Gasteiger charge is 2.10. The number of nitrogens with zero attached hydrogens (tertiary/aromatic N) is 2. The van der Waals surface area contributed by atoms with Crippen molar-refractivity contribution >= 4 is 11.3 Å². The van der Waals surface area contributed by atoms with Gasteiger partial charge in [-0.1, -0.05) is 19.9 Å². The van der Waals surface area contributed by atoms with Gasteiger partial charge in [0.1, 0.15) is 0 Å². The Morgan fingerprint density at radius 3 is 2.42 bits per heavy atom. The summed E-state index contributed by atoms with van der Waals surface area (Å²) >= 11 is 1.68. The first-order valence-electron chi connectivity index (χ1n) is 6.66. The molecule has 0 aliphatic carbocycles. The molecule has 0 radical (unpaired) electrons. The average Bonchev–Trinajstić information content (AvgIpc) is 2.85. The minimum absolute atomic E-state index is 0.659. The Hall–Kier alpha value is -1.26. The molecule has 0 saturated carbocycles. The molecular weight excluding hydrogens is 254 g/mol. The van der Waals surface area contributed by atoms with Gasteiger partial charge in [0.2, 0.25) is 0 Å². The third kappa shape index (κ3) is 3.61. The van der Waals surface area contributed by atoms with Gasteiger partial charge < -0.3 is 5.32 Å². The number of hydrogen-bond donors (Lipinski definition) is 1. The highest BCUT2D eigenvalue weighted by atomic mass is 32.1. The molecule has 0 spiro atoms. The van der Waals surface area contributed by atoms with Gasteiger partial charge in [0.05, 0.1) is 4.88 Å². The second-order valence-corrected chi connectivity index (χ2v) is 6.15. The molecule has 0 saturated heterocycles. The Kier molecular flexibility index (Phi) is 4.66. The quantitative estimate of drug-likeness (QED) is 0.906. The number of aromatic nitrogens is 2. The maximum absolute atomic E-state index is 4.63. The van der Waals surface area contributed by atoms with Crippen LogP contribution in [-0.4, -0.2) is 16.5 Å². The van der Waals surface area contributed by atoms with Gasteiger partial charge in [-0.05, 0) is 37.8 Å². The summed E-state index contributed by atoms with van der Waals surface area (Å²) in [4.78, 5) is 10.4. The van der Waals surface area contributed by atoms with Crippen LogP contribution in [-0.2, 0) is 6.54 Å². The number of nitrogens with one attached hydrogen (secondary N) is 1. The van der Waals surface area contributed by atoms with E-state index in [0.717, 1.165) is 35.2 Å². The van der Waals surface area contributed by atoms with Crippen molar-refractivity contribution in [2.75, 3.05) is 6.54 Å². The smallest absolute Gasteiger partial charge is 0.169 e. The number of hydrogen-bond acceptors (Lipinski definition) is 4.